The molecular weight excluding hydrogens is 372 g/mol. The lowest BCUT2D eigenvalue weighted by Crippen LogP contribution is -2.27. The number of carbonyl (C=O) groups is 1. The summed E-state index contributed by atoms with van der Waals surface area (Å²) in [5.41, 5.74) is 1.57. The van der Waals surface area contributed by atoms with Gasteiger partial charge in [0.2, 0.25) is 5.88 Å². The number of benzene rings is 1. The molecule has 1 N–H and O–H groups in total. The molecule has 0 spiro atoms. The van der Waals surface area contributed by atoms with Gasteiger partial charge in [-0.1, -0.05) is 12.1 Å². The van der Waals surface area contributed by atoms with Gasteiger partial charge in [0.25, 0.3) is 5.56 Å². The Balaban J connectivity index is 1.80. The van der Waals surface area contributed by atoms with Crippen molar-refractivity contribution < 1.29 is 14.3 Å². The summed E-state index contributed by atoms with van der Waals surface area (Å²) < 4.78 is 11.8. The van der Waals surface area contributed by atoms with Gasteiger partial charge in [-0.05, 0) is 44.5 Å². The number of hydrogen-bond acceptors (Lipinski definition) is 6. The molecule has 0 saturated carbocycles. The molecule has 0 atom stereocenters. The molecule has 0 fully saturated rings. The summed E-state index contributed by atoms with van der Waals surface area (Å²) in [5.74, 6) is 0.281. The fourth-order valence-corrected chi connectivity index (χ4v) is 2.85. The van der Waals surface area contributed by atoms with Crippen molar-refractivity contribution in [2.75, 3.05) is 12.4 Å². The van der Waals surface area contributed by atoms with Gasteiger partial charge in [-0.2, -0.15) is 5.10 Å². The minimum Gasteiger partial charge on any atom is -0.480 e. The molecule has 0 radical (unpaired) electrons. The number of fused-ring (bicyclic) bond motifs is 1. The van der Waals surface area contributed by atoms with Crippen LogP contribution in [0.4, 0.5) is 10.5 Å². The van der Waals surface area contributed by atoms with E-state index in [1.807, 2.05) is 39.0 Å². The number of nitrogens with zero attached hydrogens (tertiary/aromatic N) is 3. The van der Waals surface area contributed by atoms with E-state index in [-0.39, 0.29) is 11.4 Å². The zero-order valence-corrected chi connectivity index (χ0v) is 17.1. The topological polar surface area (TPSA) is 95.3 Å². The Morgan fingerprint density at radius 1 is 1.21 bits per heavy atom. The molecule has 0 unspecified atom stereocenters. The Bertz CT molecular complexity index is 1100. The number of ether oxygens (including phenoxy) is 2. The van der Waals surface area contributed by atoms with Crippen LogP contribution in [-0.2, 0) is 18.2 Å². The first-order valence-corrected chi connectivity index (χ1v) is 9.15. The summed E-state index contributed by atoms with van der Waals surface area (Å²) in [4.78, 5) is 28.7. The lowest BCUT2D eigenvalue weighted by atomic mass is 10.1. The Hall–Kier alpha value is -3.42. The van der Waals surface area contributed by atoms with Gasteiger partial charge < -0.3 is 9.47 Å². The molecule has 8 nitrogen and oxygen atoms in total. The van der Waals surface area contributed by atoms with E-state index in [0.29, 0.717) is 22.9 Å². The third kappa shape index (κ3) is 4.90. The number of hydrogen-bond donors (Lipinski definition) is 1. The number of amides is 1. The molecule has 0 saturated heterocycles. The van der Waals surface area contributed by atoms with E-state index in [0.717, 1.165) is 11.3 Å². The number of aryl methyl sites for hydroxylation is 1. The van der Waals surface area contributed by atoms with Crippen molar-refractivity contribution in [1.29, 1.82) is 0 Å². The van der Waals surface area contributed by atoms with Crippen LogP contribution in [0.3, 0.4) is 0 Å². The van der Waals surface area contributed by atoms with Gasteiger partial charge in [0.15, 0.2) is 0 Å². The van der Waals surface area contributed by atoms with Crippen LogP contribution in [-0.4, -0.2) is 33.6 Å². The third-order valence-corrected chi connectivity index (χ3v) is 4.13. The lowest BCUT2D eigenvalue weighted by Gasteiger charge is -2.19. The molecule has 0 aliphatic carbocycles. The highest BCUT2D eigenvalue weighted by Crippen LogP contribution is 2.22. The average molecular weight is 396 g/mol. The number of nitrogens with one attached hydrogen (secondary N) is 1. The third-order valence-electron chi connectivity index (χ3n) is 4.13. The van der Waals surface area contributed by atoms with Crippen molar-refractivity contribution in [2.24, 2.45) is 7.05 Å². The minimum absolute atomic E-state index is 0.254. The smallest absolute Gasteiger partial charge is 0.412 e. The highest BCUT2D eigenvalue weighted by atomic mass is 16.6. The van der Waals surface area contributed by atoms with Crippen LogP contribution in [0, 0.1) is 0 Å². The van der Waals surface area contributed by atoms with Gasteiger partial charge in [-0.15, -0.1) is 0 Å². The van der Waals surface area contributed by atoms with Gasteiger partial charge in [-0.3, -0.25) is 10.1 Å². The summed E-state index contributed by atoms with van der Waals surface area (Å²) in [7, 11) is 3.07. The Morgan fingerprint density at radius 3 is 2.52 bits per heavy atom. The van der Waals surface area contributed by atoms with Gasteiger partial charge in [-0.25, -0.2) is 14.5 Å². The van der Waals surface area contributed by atoms with Crippen LogP contribution in [0.1, 0.15) is 32.0 Å². The van der Waals surface area contributed by atoms with Crippen molar-refractivity contribution in [2.45, 2.75) is 32.8 Å². The van der Waals surface area contributed by atoms with Crippen LogP contribution in [0.2, 0.25) is 0 Å². The van der Waals surface area contributed by atoms with E-state index in [4.69, 9.17) is 9.47 Å². The van der Waals surface area contributed by atoms with Gasteiger partial charge in [0, 0.05) is 30.2 Å². The second-order valence-corrected chi connectivity index (χ2v) is 7.66. The van der Waals surface area contributed by atoms with E-state index in [2.05, 4.69) is 15.4 Å². The molecule has 1 amide bonds. The van der Waals surface area contributed by atoms with Crippen LogP contribution >= 0.6 is 0 Å². The van der Waals surface area contributed by atoms with Crippen molar-refractivity contribution in [3.8, 4) is 5.88 Å². The number of rotatable bonds is 4. The minimum atomic E-state index is -0.555. The maximum absolute atomic E-state index is 12.3. The predicted molar refractivity (Wildman–Crippen MR) is 110 cm³/mol. The summed E-state index contributed by atoms with van der Waals surface area (Å²) in [6.45, 7) is 5.43. The van der Waals surface area contributed by atoms with Gasteiger partial charge >= 0.3 is 6.09 Å². The number of methoxy groups -OCH3 is 1. The molecule has 0 aliphatic heterocycles. The Kier molecular flexibility index (Phi) is 5.54. The van der Waals surface area contributed by atoms with Crippen molar-refractivity contribution in [3.05, 3.63) is 58.1 Å². The molecule has 29 heavy (non-hydrogen) atoms. The van der Waals surface area contributed by atoms with Crippen molar-refractivity contribution in [1.82, 2.24) is 14.8 Å². The van der Waals surface area contributed by atoms with E-state index in [9.17, 15) is 9.59 Å². The maximum atomic E-state index is 12.3. The van der Waals surface area contributed by atoms with Gasteiger partial charge in [0.1, 0.15) is 11.0 Å². The first-order valence-electron chi connectivity index (χ1n) is 9.15. The molecule has 1 aromatic carbocycles. The number of pyridine rings is 1. The molecule has 2 aromatic heterocycles. The zero-order chi connectivity index (χ0) is 21.2. The van der Waals surface area contributed by atoms with Crippen LogP contribution < -0.4 is 15.6 Å². The summed E-state index contributed by atoms with van der Waals surface area (Å²) in [6, 6.07) is 9.23. The predicted octanol–water partition coefficient (Wildman–Crippen LogP) is 3.27. The van der Waals surface area contributed by atoms with E-state index >= 15 is 0 Å². The molecular formula is C21H24N4O4. The maximum Gasteiger partial charge on any atom is 0.412 e. The normalized spacial score (nSPS) is 11.3. The number of aromatic nitrogens is 3. The summed E-state index contributed by atoms with van der Waals surface area (Å²) in [5, 5.41) is 7.85. The highest BCUT2D eigenvalue weighted by Gasteiger charge is 2.16. The SMILES string of the molecule is COc1nc(Cc2ccc(NC(=O)OC(C)(C)C)cc2)cc2cnn(C)c(=O)c12. The summed E-state index contributed by atoms with van der Waals surface area (Å²) >= 11 is 0. The van der Waals surface area contributed by atoms with E-state index < -0.39 is 11.7 Å². The molecule has 8 heteroatoms. The second kappa shape index (κ2) is 7.90. The fraction of sp³-hybridized carbons (Fsp3) is 0.333. The first kappa shape index (κ1) is 20.3. The monoisotopic (exact) mass is 396 g/mol. The first-order chi connectivity index (χ1) is 13.7. The van der Waals surface area contributed by atoms with Crippen molar-refractivity contribution >= 4 is 22.6 Å². The van der Waals surface area contributed by atoms with E-state index in [1.54, 1.807) is 25.4 Å². The Labute approximate surface area is 168 Å². The molecule has 3 aromatic rings. The molecule has 152 valence electrons. The molecule has 3 rings (SSSR count). The standard InChI is InChI=1S/C21H24N4O4/c1-21(2,3)29-20(27)24-15-8-6-13(7-9-15)10-16-11-14-12-22-25(4)19(26)17(14)18(23-16)28-5/h6-9,11-12H,10H2,1-5H3,(H,24,27). The quantitative estimate of drug-likeness (QED) is 0.727. The fourth-order valence-electron chi connectivity index (χ4n) is 2.85. The zero-order valence-electron chi connectivity index (χ0n) is 17.1. The van der Waals surface area contributed by atoms with E-state index in [1.165, 1.54) is 11.8 Å². The molecule has 2 heterocycles. The molecule has 0 aliphatic rings. The lowest BCUT2D eigenvalue weighted by molar-refractivity contribution is 0.0636. The van der Waals surface area contributed by atoms with Crippen LogP contribution in [0.15, 0.2) is 41.3 Å². The summed E-state index contributed by atoms with van der Waals surface area (Å²) in [6.07, 6.45) is 1.66. The molecule has 0 bridgehead atoms. The van der Waals surface area contributed by atoms with Gasteiger partial charge in [0.05, 0.1) is 13.3 Å². The number of carbonyl (C=O) groups excluding carboxylic acids is 1. The Morgan fingerprint density at radius 2 is 1.90 bits per heavy atom. The largest absolute Gasteiger partial charge is 0.480 e. The average Bonchev–Trinajstić information content (AvgIpc) is 2.64. The highest BCUT2D eigenvalue weighted by molar-refractivity contribution is 5.86. The second-order valence-electron chi connectivity index (χ2n) is 7.66. The number of anilines is 1. The van der Waals surface area contributed by atoms with Crippen LogP contribution in [0.5, 0.6) is 5.88 Å². The van der Waals surface area contributed by atoms with Crippen molar-refractivity contribution in [3.63, 3.8) is 0 Å². The van der Waals surface area contributed by atoms with Crippen LogP contribution in [0.25, 0.3) is 10.8 Å².